The second-order valence-electron chi connectivity index (χ2n) is 5.41. The Morgan fingerprint density at radius 2 is 2.00 bits per heavy atom. The predicted octanol–water partition coefficient (Wildman–Crippen LogP) is 3.29. The number of nitroso groups, excluding NO2 is 1. The van der Waals surface area contributed by atoms with Crippen molar-refractivity contribution in [3.05, 3.63) is 64.7 Å². The van der Waals surface area contributed by atoms with Gasteiger partial charge in [0.2, 0.25) is 5.70 Å². The molecule has 132 valence electrons. The number of aliphatic hydroxyl groups is 1. The van der Waals surface area contributed by atoms with E-state index in [-0.39, 0.29) is 12.2 Å². The summed E-state index contributed by atoms with van der Waals surface area (Å²) in [6, 6.07) is 8.51. The third kappa shape index (κ3) is 3.04. The van der Waals surface area contributed by atoms with Crippen molar-refractivity contribution < 1.29 is 14.6 Å². The molecule has 0 aliphatic carbocycles. The number of fused-ring (bicyclic) bond motifs is 1. The van der Waals surface area contributed by atoms with Crippen molar-refractivity contribution >= 4 is 22.8 Å². The van der Waals surface area contributed by atoms with Crippen LogP contribution in [0.4, 0.5) is 0 Å². The molecule has 0 unspecified atom stereocenters. The third-order valence-electron chi connectivity index (χ3n) is 3.81. The second-order valence-corrected chi connectivity index (χ2v) is 5.41. The van der Waals surface area contributed by atoms with Gasteiger partial charge in [0.25, 0.3) is 0 Å². The first-order valence-electron chi connectivity index (χ1n) is 7.90. The van der Waals surface area contributed by atoms with Gasteiger partial charge < -0.3 is 9.84 Å². The highest BCUT2D eigenvalue weighted by Crippen LogP contribution is 2.23. The molecule has 8 nitrogen and oxygen atoms in total. The minimum atomic E-state index is -0.965. The van der Waals surface area contributed by atoms with Crippen LogP contribution >= 0.6 is 0 Å². The first-order chi connectivity index (χ1) is 12.6. The topological polar surface area (TPSA) is 107 Å². The lowest BCUT2D eigenvalue weighted by Gasteiger charge is -2.09. The van der Waals surface area contributed by atoms with E-state index in [4.69, 9.17) is 4.74 Å². The maximum atomic E-state index is 11.7. The van der Waals surface area contributed by atoms with E-state index in [1.165, 1.54) is 0 Å². The molecule has 8 heteroatoms. The van der Waals surface area contributed by atoms with E-state index >= 15 is 0 Å². The molecule has 0 spiro atoms. The maximum absolute atomic E-state index is 11.7. The molecule has 0 atom stereocenters. The molecule has 0 saturated carbocycles. The third-order valence-corrected chi connectivity index (χ3v) is 3.81. The Hall–Kier alpha value is -3.55. The van der Waals surface area contributed by atoms with Gasteiger partial charge in [-0.05, 0) is 49.4 Å². The highest BCUT2D eigenvalue weighted by atomic mass is 16.5. The van der Waals surface area contributed by atoms with Crippen LogP contribution in [0.1, 0.15) is 18.3 Å². The largest absolute Gasteiger partial charge is 0.505 e. The molecule has 1 N–H and O–H groups in total. The summed E-state index contributed by atoms with van der Waals surface area (Å²) in [6.45, 7) is 3.55. The quantitative estimate of drug-likeness (QED) is 0.327. The smallest absolute Gasteiger partial charge is 0.364 e. The van der Waals surface area contributed by atoms with E-state index in [1.54, 1.807) is 43.6 Å². The van der Waals surface area contributed by atoms with Crippen LogP contribution in [0.2, 0.25) is 0 Å². The fraction of sp³-hybridized carbons (Fsp3) is 0.167. The Bertz CT molecular complexity index is 1010. The van der Waals surface area contributed by atoms with Crippen LogP contribution in [0, 0.1) is 11.8 Å². The van der Waals surface area contributed by atoms with Crippen LogP contribution in [0.25, 0.3) is 22.5 Å². The van der Waals surface area contributed by atoms with E-state index in [0.29, 0.717) is 0 Å². The number of aliphatic hydroxyl groups excluding tert-OH is 1. The van der Waals surface area contributed by atoms with Crippen molar-refractivity contribution in [1.29, 1.82) is 0 Å². The first-order valence-corrected chi connectivity index (χ1v) is 7.90. The van der Waals surface area contributed by atoms with Gasteiger partial charge in [-0.25, -0.2) is 9.78 Å². The van der Waals surface area contributed by atoms with Gasteiger partial charge in [0.1, 0.15) is 11.3 Å². The van der Waals surface area contributed by atoms with Crippen LogP contribution in [0.3, 0.4) is 0 Å². The van der Waals surface area contributed by atoms with Gasteiger partial charge >= 0.3 is 5.97 Å². The van der Waals surface area contributed by atoms with Gasteiger partial charge in [-0.1, -0.05) is 0 Å². The number of hydrogen-bond acceptors (Lipinski definition) is 7. The standard InChI is InChI=1S/C18H16N4O4/c1-3-26-18(24)16(21-25)17(23)12-4-6-13(7-5-12)22-11(2)20-14-10-19-9-8-15(14)22/h4-10,23H,3H2,1-2H3/b17-16+. The van der Waals surface area contributed by atoms with Crippen LogP contribution < -0.4 is 0 Å². The maximum Gasteiger partial charge on any atom is 0.364 e. The molecule has 2 aromatic heterocycles. The van der Waals surface area contributed by atoms with Crippen molar-refractivity contribution in [2.24, 2.45) is 5.18 Å². The highest BCUT2D eigenvalue weighted by Gasteiger charge is 2.19. The summed E-state index contributed by atoms with van der Waals surface area (Å²) in [5.41, 5.74) is 2.10. The Morgan fingerprint density at radius 3 is 2.65 bits per heavy atom. The zero-order valence-electron chi connectivity index (χ0n) is 14.2. The molecule has 2 heterocycles. The minimum Gasteiger partial charge on any atom is -0.505 e. The average Bonchev–Trinajstić information content (AvgIpc) is 2.98. The number of imidazole rings is 1. The zero-order valence-corrected chi connectivity index (χ0v) is 14.2. The molecular weight excluding hydrogens is 336 g/mol. The number of rotatable bonds is 5. The number of carbonyl (C=O) groups excluding carboxylic acids is 1. The minimum absolute atomic E-state index is 0.0753. The number of ether oxygens (including phenoxy) is 1. The molecular formula is C18H16N4O4. The average molecular weight is 352 g/mol. The highest BCUT2D eigenvalue weighted by molar-refractivity contribution is 5.95. The molecule has 3 aromatic rings. The number of benzene rings is 1. The normalized spacial score (nSPS) is 11.9. The zero-order chi connectivity index (χ0) is 18.7. The molecule has 0 bridgehead atoms. The molecule has 1 aromatic carbocycles. The fourth-order valence-electron chi connectivity index (χ4n) is 2.66. The van der Waals surface area contributed by atoms with Gasteiger partial charge in [-0.3, -0.25) is 9.55 Å². The summed E-state index contributed by atoms with van der Waals surface area (Å²) in [6.07, 6.45) is 3.37. The van der Waals surface area contributed by atoms with E-state index in [0.717, 1.165) is 22.5 Å². The van der Waals surface area contributed by atoms with Crippen LogP contribution in [0.15, 0.2) is 53.6 Å². The number of aromatic nitrogens is 3. The SMILES string of the molecule is CCOC(=O)/C(N=O)=C(\O)c1ccc(-n2c(C)nc3cnccc32)cc1. The molecule has 0 aliphatic heterocycles. The van der Waals surface area contributed by atoms with Crippen LogP contribution in [-0.4, -0.2) is 32.2 Å². The molecule has 26 heavy (non-hydrogen) atoms. The van der Waals surface area contributed by atoms with Gasteiger partial charge in [0.15, 0.2) is 5.76 Å². The van der Waals surface area contributed by atoms with E-state index in [2.05, 4.69) is 15.1 Å². The summed E-state index contributed by atoms with van der Waals surface area (Å²) < 4.78 is 6.65. The monoisotopic (exact) mass is 352 g/mol. The number of nitrogens with zero attached hydrogens (tertiary/aromatic N) is 4. The fourth-order valence-corrected chi connectivity index (χ4v) is 2.66. The molecule has 0 aliphatic rings. The molecule has 0 radical (unpaired) electrons. The van der Waals surface area contributed by atoms with Gasteiger partial charge in [-0.15, -0.1) is 4.91 Å². The van der Waals surface area contributed by atoms with Crippen molar-refractivity contribution in [1.82, 2.24) is 14.5 Å². The van der Waals surface area contributed by atoms with Crippen molar-refractivity contribution in [3.8, 4) is 5.69 Å². The molecule has 3 rings (SSSR count). The van der Waals surface area contributed by atoms with Gasteiger partial charge in [0.05, 0.1) is 18.3 Å². The Labute approximate surface area is 148 Å². The summed E-state index contributed by atoms with van der Waals surface area (Å²) in [5.74, 6) is -0.711. The lowest BCUT2D eigenvalue weighted by Crippen LogP contribution is -2.08. The van der Waals surface area contributed by atoms with Gasteiger partial charge in [-0.2, -0.15) is 0 Å². The van der Waals surface area contributed by atoms with Crippen molar-refractivity contribution in [3.63, 3.8) is 0 Å². The lowest BCUT2D eigenvalue weighted by molar-refractivity contribution is -0.138. The molecule has 0 amide bonds. The number of pyridine rings is 1. The van der Waals surface area contributed by atoms with Crippen molar-refractivity contribution in [2.75, 3.05) is 6.61 Å². The predicted molar refractivity (Wildman–Crippen MR) is 95.6 cm³/mol. The first kappa shape index (κ1) is 17.3. The van der Waals surface area contributed by atoms with Crippen LogP contribution in [-0.2, 0) is 9.53 Å². The molecule has 0 fully saturated rings. The number of esters is 1. The number of hydrogen-bond donors (Lipinski definition) is 1. The second kappa shape index (κ2) is 7.14. The Kier molecular flexibility index (Phi) is 4.74. The summed E-state index contributed by atoms with van der Waals surface area (Å²) >= 11 is 0. The van der Waals surface area contributed by atoms with Gasteiger partial charge in [0, 0.05) is 17.4 Å². The van der Waals surface area contributed by atoms with E-state index < -0.39 is 17.4 Å². The van der Waals surface area contributed by atoms with Crippen LogP contribution in [0.5, 0.6) is 0 Å². The number of carbonyl (C=O) groups is 1. The van der Waals surface area contributed by atoms with E-state index in [9.17, 15) is 14.8 Å². The van der Waals surface area contributed by atoms with E-state index in [1.807, 2.05) is 17.6 Å². The summed E-state index contributed by atoms with van der Waals surface area (Å²) in [5, 5.41) is 12.8. The Morgan fingerprint density at radius 1 is 1.27 bits per heavy atom. The summed E-state index contributed by atoms with van der Waals surface area (Å²) in [7, 11) is 0. The number of aryl methyl sites for hydroxylation is 1. The lowest BCUT2D eigenvalue weighted by atomic mass is 10.1. The summed E-state index contributed by atoms with van der Waals surface area (Å²) in [4.78, 5) is 31.1. The van der Waals surface area contributed by atoms with Crippen molar-refractivity contribution in [2.45, 2.75) is 13.8 Å². The molecule has 0 saturated heterocycles. The Balaban J connectivity index is 2.02.